The highest BCUT2D eigenvalue weighted by Crippen LogP contribution is 2.18. The molecule has 0 aliphatic rings. The van der Waals surface area contributed by atoms with Gasteiger partial charge in [0.15, 0.2) is 12.4 Å². The Morgan fingerprint density at radius 3 is 1.10 bits per heavy atom. The van der Waals surface area contributed by atoms with Gasteiger partial charge in [-0.15, -0.1) is 0 Å². The Morgan fingerprint density at radius 1 is 0.408 bits per heavy atom. The Morgan fingerprint density at radius 2 is 0.746 bits per heavy atom. The molecule has 0 aromatic heterocycles. The quantitative estimate of drug-likeness (QED) is 0.0195. The van der Waals surface area contributed by atoms with Crippen LogP contribution in [0.3, 0.4) is 0 Å². The molecular formula is C62H119NO8. The normalized spacial score (nSPS) is 12.7. The second-order valence-corrected chi connectivity index (χ2v) is 22.4. The van der Waals surface area contributed by atoms with Gasteiger partial charge in [-0.1, -0.05) is 276 Å². The molecule has 9 heteroatoms. The van der Waals surface area contributed by atoms with Crippen molar-refractivity contribution >= 4 is 17.9 Å². The first-order chi connectivity index (χ1) is 34.6. The van der Waals surface area contributed by atoms with Gasteiger partial charge in [-0.25, -0.2) is 0 Å². The zero-order chi connectivity index (χ0) is 52.0. The van der Waals surface area contributed by atoms with Crippen molar-refractivity contribution in [3.8, 4) is 0 Å². The largest absolute Gasteiger partial charge is 0.545 e. The molecule has 0 fully saturated rings. The van der Waals surface area contributed by atoms with Crippen molar-refractivity contribution in [1.29, 1.82) is 0 Å². The number of carbonyl (C=O) groups excluding carboxylic acids is 3. The van der Waals surface area contributed by atoms with Crippen LogP contribution in [0, 0.1) is 0 Å². The first kappa shape index (κ1) is 69.0. The number of hydrogen-bond acceptors (Lipinski definition) is 8. The van der Waals surface area contributed by atoms with E-state index < -0.39 is 24.3 Å². The molecular weight excluding hydrogens is 887 g/mol. The van der Waals surface area contributed by atoms with Crippen LogP contribution in [0.4, 0.5) is 0 Å². The van der Waals surface area contributed by atoms with Gasteiger partial charge in [0.1, 0.15) is 13.2 Å². The summed E-state index contributed by atoms with van der Waals surface area (Å²) in [5.41, 5.74) is 0. The molecule has 0 rings (SSSR count). The summed E-state index contributed by atoms with van der Waals surface area (Å²) in [5.74, 6) is -2.28. The summed E-state index contributed by atoms with van der Waals surface area (Å²) in [7, 11) is 5.92. The molecule has 0 spiro atoms. The summed E-state index contributed by atoms with van der Waals surface area (Å²) in [5, 5.41) is 11.7. The van der Waals surface area contributed by atoms with Gasteiger partial charge in [0, 0.05) is 12.8 Å². The van der Waals surface area contributed by atoms with E-state index in [2.05, 4.69) is 26.0 Å². The molecule has 71 heavy (non-hydrogen) atoms. The molecule has 0 bridgehead atoms. The number of allylic oxidation sites excluding steroid dienone is 2. The standard InChI is InChI=1S/C62H119NO8/c1-6-8-10-12-14-16-18-19-20-21-22-23-24-25-26-27-28-29-30-31-32-33-34-35-36-37-38-39-40-41-42-43-45-46-48-50-52-59(64)69-56-58(57-70-62(61(66)67)68-55-54-63(3,4)5)71-60(65)53-51-49-47-44-17-15-13-11-9-7-2/h11,13,58,62H,6-10,12,14-57H2,1-5H3/b13-11-. The fourth-order valence-electron chi connectivity index (χ4n) is 9.25. The van der Waals surface area contributed by atoms with Crippen LogP contribution in [0.25, 0.3) is 0 Å². The molecule has 0 aromatic carbocycles. The van der Waals surface area contributed by atoms with Gasteiger partial charge in [-0.3, -0.25) is 9.59 Å². The van der Waals surface area contributed by atoms with Crippen LogP contribution < -0.4 is 5.11 Å². The van der Waals surface area contributed by atoms with E-state index >= 15 is 0 Å². The topological polar surface area (TPSA) is 111 Å². The van der Waals surface area contributed by atoms with Crippen molar-refractivity contribution < 1.29 is 42.9 Å². The number of unbranched alkanes of at least 4 members (excludes halogenated alkanes) is 41. The predicted molar refractivity (Wildman–Crippen MR) is 297 cm³/mol. The van der Waals surface area contributed by atoms with Crippen molar-refractivity contribution in [3.63, 3.8) is 0 Å². The van der Waals surface area contributed by atoms with Crippen LogP contribution >= 0.6 is 0 Å². The molecule has 0 amide bonds. The summed E-state index contributed by atoms with van der Waals surface area (Å²) in [6, 6.07) is 0. The minimum absolute atomic E-state index is 0.149. The fourth-order valence-corrected chi connectivity index (χ4v) is 9.25. The van der Waals surface area contributed by atoms with Gasteiger partial charge < -0.3 is 33.3 Å². The van der Waals surface area contributed by atoms with E-state index in [4.69, 9.17) is 18.9 Å². The Kier molecular flexibility index (Phi) is 52.8. The third-order valence-corrected chi connectivity index (χ3v) is 14.0. The van der Waals surface area contributed by atoms with Crippen molar-refractivity contribution in [1.82, 2.24) is 0 Å². The SMILES string of the molecule is CCC/C=C\CCCCCCCC(=O)OC(COC(=O)CCCCCCCCCCCCCCCCCCCCCCCCCCCCCCCCCCCCCC)COC(OCC[N+](C)(C)C)C(=O)[O-]. The molecule has 9 nitrogen and oxygen atoms in total. The number of carbonyl (C=O) groups is 3. The van der Waals surface area contributed by atoms with Gasteiger partial charge in [-0.05, 0) is 32.1 Å². The maximum atomic E-state index is 12.7. The lowest BCUT2D eigenvalue weighted by Gasteiger charge is -2.26. The summed E-state index contributed by atoms with van der Waals surface area (Å²) in [4.78, 5) is 37.1. The lowest BCUT2D eigenvalue weighted by atomic mass is 10.0. The molecule has 0 saturated carbocycles. The van der Waals surface area contributed by atoms with E-state index in [1.165, 1.54) is 218 Å². The van der Waals surface area contributed by atoms with Crippen molar-refractivity contribution in [3.05, 3.63) is 12.2 Å². The third-order valence-electron chi connectivity index (χ3n) is 14.0. The molecule has 0 heterocycles. The van der Waals surface area contributed by atoms with Gasteiger partial charge in [0.2, 0.25) is 0 Å². The second kappa shape index (κ2) is 54.3. The Balaban J connectivity index is 3.85. The molecule has 0 aromatic rings. The maximum Gasteiger partial charge on any atom is 0.306 e. The zero-order valence-corrected chi connectivity index (χ0v) is 47.9. The number of carboxylic acids is 1. The predicted octanol–water partition coefficient (Wildman–Crippen LogP) is 16.8. The molecule has 0 aliphatic carbocycles. The van der Waals surface area contributed by atoms with Crippen LogP contribution in [0.5, 0.6) is 0 Å². The minimum Gasteiger partial charge on any atom is -0.545 e. The molecule has 0 saturated heterocycles. The smallest absolute Gasteiger partial charge is 0.306 e. The average Bonchev–Trinajstić information content (AvgIpc) is 3.34. The van der Waals surface area contributed by atoms with E-state index in [-0.39, 0.29) is 32.2 Å². The number of ether oxygens (including phenoxy) is 4. The molecule has 0 radical (unpaired) electrons. The minimum atomic E-state index is -1.62. The summed E-state index contributed by atoms with van der Waals surface area (Å²) in [6.07, 6.45) is 60.4. The van der Waals surface area contributed by atoms with E-state index in [1.807, 2.05) is 21.1 Å². The van der Waals surface area contributed by atoms with Gasteiger partial charge in [0.05, 0.1) is 40.3 Å². The highest BCUT2D eigenvalue weighted by molar-refractivity contribution is 5.70. The van der Waals surface area contributed by atoms with E-state index in [1.54, 1.807) is 0 Å². The molecule has 0 N–H and O–H groups in total. The van der Waals surface area contributed by atoms with E-state index in [0.717, 1.165) is 57.8 Å². The Hall–Kier alpha value is -1.97. The number of aliphatic carboxylic acids is 1. The number of hydrogen-bond donors (Lipinski definition) is 0. The van der Waals surface area contributed by atoms with Crippen LogP contribution in [-0.4, -0.2) is 82.3 Å². The fraction of sp³-hybridized carbons (Fsp3) is 0.919. The van der Waals surface area contributed by atoms with Crippen LogP contribution in [0.1, 0.15) is 309 Å². The maximum absolute atomic E-state index is 12.7. The zero-order valence-electron chi connectivity index (χ0n) is 47.9. The monoisotopic (exact) mass is 1010 g/mol. The van der Waals surface area contributed by atoms with Gasteiger partial charge in [0.25, 0.3) is 0 Å². The van der Waals surface area contributed by atoms with E-state index in [9.17, 15) is 19.5 Å². The third kappa shape index (κ3) is 55.6. The van der Waals surface area contributed by atoms with Crippen molar-refractivity contribution in [2.75, 3.05) is 47.5 Å². The summed E-state index contributed by atoms with van der Waals surface area (Å²) in [6.45, 7) is 4.71. The van der Waals surface area contributed by atoms with E-state index in [0.29, 0.717) is 23.9 Å². The highest BCUT2D eigenvalue weighted by atomic mass is 16.7. The van der Waals surface area contributed by atoms with Crippen LogP contribution in [-0.2, 0) is 33.3 Å². The second-order valence-electron chi connectivity index (χ2n) is 22.4. The van der Waals surface area contributed by atoms with Crippen LogP contribution in [0.2, 0.25) is 0 Å². The Labute approximate surface area is 440 Å². The first-order valence-electron chi connectivity index (χ1n) is 30.8. The molecule has 2 atom stereocenters. The summed E-state index contributed by atoms with van der Waals surface area (Å²) >= 11 is 0. The highest BCUT2D eigenvalue weighted by Gasteiger charge is 2.22. The van der Waals surface area contributed by atoms with Crippen molar-refractivity contribution in [2.24, 2.45) is 0 Å². The number of quaternary nitrogens is 1. The van der Waals surface area contributed by atoms with Gasteiger partial charge >= 0.3 is 11.9 Å². The molecule has 2 unspecified atom stereocenters. The molecule has 420 valence electrons. The average molecular weight is 1010 g/mol. The lowest BCUT2D eigenvalue weighted by molar-refractivity contribution is -0.870. The number of carboxylic acid groups (broad SMARTS) is 1. The summed E-state index contributed by atoms with van der Waals surface area (Å²) < 4.78 is 22.6. The van der Waals surface area contributed by atoms with Crippen LogP contribution in [0.15, 0.2) is 12.2 Å². The number of likely N-dealkylation sites (N-methyl/N-ethyl adjacent to an activating group) is 1. The number of rotatable bonds is 58. The number of nitrogens with zero attached hydrogens (tertiary/aromatic N) is 1. The van der Waals surface area contributed by atoms with Gasteiger partial charge in [-0.2, -0.15) is 0 Å². The number of esters is 2. The van der Waals surface area contributed by atoms with Crippen molar-refractivity contribution in [2.45, 2.75) is 322 Å². The molecule has 0 aliphatic heterocycles. The lowest BCUT2D eigenvalue weighted by Crippen LogP contribution is -2.44. The Bertz CT molecular complexity index is 1170. The first-order valence-corrected chi connectivity index (χ1v) is 30.8.